The number of hydrogen-bond acceptors (Lipinski definition) is 5. The van der Waals surface area contributed by atoms with Crippen molar-refractivity contribution in [3.8, 4) is 5.75 Å². The molecule has 0 amide bonds. The molecule has 0 aliphatic rings. The molecule has 0 bridgehead atoms. The fourth-order valence-corrected chi connectivity index (χ4v) is 3.48. The Morgan fingerprint density at radius 2 is 1.68 bits per heavy atom. The van der Waals surface area contributed by atoms with Crippen LogP contribution in [0, 0.1) is 23.3 Å². The molecule has 0 atom stereocenters. The molecule has 2 aromatic rings. The van der Waals surface area contributed by atoms with Crippen molar-refractivity contribution in [1.82, 2.24) is 0 Å². The van der Waals surface area contributed by atoms with E-state index in [1.54, 1.807) is 19.0 Å². The average molecular weight is 419 g/mol. The second kappa shape index (κ2) is 7.82. The first kappa shape index (κ1) is 21.1. The summed E-state index contributed by atoms with van der Waals surface area (Å²) in [6, 6.07) is 3.92. The van der Waals surface area contributed by atoms with E-state index in [1.807, 2.05) is 9.63 Å². The van der Waals surface area contributed by atoms with Gasteiger partial charge < -0.3 is 9.64 Å². The van der Waals surface area contributed by atoms with E-state index in [0.29, 0.717) is 5.69 Å². The Balaban J connectivity index is 2.59. The van der Waals surface area contributed by atoms with Crippen LogP contribution in [0.3, 0.4) is 0 Å². The quantitative estimate of drug-likeness (QED) is 0.250. The van der Waals surface area contributed by atoms with Crippen molar-refractivity contribution in [3.63, 3.8) is 0 Å². The Kier molecular flexibility index (Phi) is 5.90. The van der Waals surface area contributed by atoms with Gasteiger partial charge in [0.1, 0.15) is 11.4 Å². The molecule has 0 aliphatic heterocycles. The van der Waals surface area contributed by atoms with Gasteiger partial charge in [-0.1, -0.05) is 5.11 Å². The molecule has 28 heavy (non-hydrogen) atoms. The fraction of sp³-hybridized carbons (Fsp3) is 0.200. The predicted molar refractivity (Wildman–Crippen MR) is 93.2 cm³/mol. The standard InChI is InChI=1S/C15H13F4N5O3S/c1-24(2)8-5-4-7(6-9(8)27-3)22-28(25,26)15-12(18)10(16)14(21-23-20)11(17)13(15)19/h4-6,22H,1-3H3. The molecule has 1 N–H and O–H groups in total. The molecular formula is C15H13F4N5O3S. The fourth-order valence-electron chi connectivity index (χ4n) is 2.29. The van der Waals surface area contributed by atoms with Crippen molar-refractivity contribution < 1.29 is 30.7 Å². The highest BCUT2D eigenvalue weighted by Gasteiger charge is 2.33. The summed E-state index contributed by atoms with van der Waals surface area (Å²) < 4.78 is 87.6. The number of sulfonamides is 1. The molecule has 13 heteroatoms. The number of azide groups is 1. The van der Waals surface area contributed by atoms with Crippen LogP contribution in [0.25, 0.3) is 10.4 Å². The van der Waals surface area contributed by atoms with Gasteiger partial charge in [-0.3, -0.25) is 4.72 Å². The van der Waals surface area contributed by atoms with Gasteiger partial charge in [0, 0.05) is 25.1 Å². The van der Waals surface area contributed by atoms with Crippen LogP contribution < -0.4 is 14.4 Å². The summed E-state index contributed by atoms with van der Waals surface area (Å²) in [6.07, 6.45) is 0. The third-order valence-electron chi connectivity index (χ3n) is 3.53. The lowest BCUT2D eigenvalue weighted by Crippen LogP contribution is -2.19. The molecule has 0 aliphatic carbocycles. The van der Waals surface area contributed by atoms with Crippen LogP contribution in [0.1, 0.15) is 0 Å². The van der Waals surface area contributed by atoms with Gasteiger partial charge in [0.25, 0.3) is 10.0 Å². The zero-order valence-electron chi connectivity index (χ0n) is 14.7. The van der Waals surface area contributed by atoms with E-state index in [0.717, 1.165) is 0 Å². The maximum Gasteiger partial charge on any atom is 0.267 e. The number of hydrogen-bond donors (Lipinski definition) is 1. The van der Waals surface area contributed by atoms with Gasteiger partial charge in [-0.15, -0.1) is 0 Å². The highest BCUT2D eigenvalue weighted by Crippen LogP contribution is 2.35. The highest BCUT2D eigenvalue weighted by molar-refractivity contribution is 7.92. The summed E-state index contributed by atoms with van der Waals surface area (Å²) in [5, 5.41) is 2.50. The topological polar surface area (TPSA) is 107 Å². The SMILES string of the molecule is COc1cc(NS(=O)(=O)c2c(F)c(F)c(N=[N+]=[N-])c(F)c2F)ccc1N(C)C. The molecule has 0 fully saturated rings. The van der Waals surface area contributed by atoms with Gasteiger partial charge in [-0.2, -0.15) is 0 Å². The lowest BCUT2D eigenvalue weighted by atomic mass is 10.2. The minimum Gasteiger partial charge on any atom is -0.495 e. The van der Waals surface area contributed by atoms with Crippen molar-refractivity contribution in [3.05, 3.63) is 51.9 Å². The maximum atomic E-state index is 14.1. The normalized spacial score (nSPS) is 11.0. The molecule has 8 nitrogen and oxygen atoms in total. The number of nitrogens with one attached hydrogen (secondary N) is 1. The van der Waals surface area contributed by atoms with Gasteiger partial charge >= 0.3 is 0 Å². The van der Waals surface area contributed by atoms with Gasteiger partial charge in [0.2, 0.25) is 0 Å². The maximum absolute atomic E-state index is 14.1. The monoisotopic (exact) mass is 419 g/mol. The number of methoxy groups -OCH3 is 1. The lowest BCUT2D eigenvalue weighted by molar-refractivity contribution is 0.415. The minimum atomic E-state index is -5.09. The van der Waals surface area contributed by atoms with Gasteiger partial charge in [0.05, 0.1) is 18.5 Å². The zero-order valence-corrected chi connectivity index (χ0v) is 15.5. The summed E-state index contributed by atoms with van der Waals surface area (Å²) in [5.74, 6) is -8.52. The Morgan fingerprint density at radius 1 is 1.11 bits per heavy atom. The van der Waals surface area contributed by atoms with Gasteiger partial charge in [-0.05, 0) is 17.7 Å². The third-order valence-corrected chi connectivity index (χ3v) is 4.93. The molecule has 0 saturated carbocycles. The Morgan fingerprint density at radius 3 is 2.14 bits per heavy atom. The number of anilines is 2. The summed E-state index contributed by atoms with van der Waals surface area (Å²) >= 11 is 0. The van der Waals surface area contributed by atoms with Crippen LogP contribution in [-0.4, -0.2) is 29.6 Å². The second-order valence-corrected chi connectivity index (χ2v) is 7.13. The van der Waals surface area contributed by atoms with Crippen molar-refractivity contribution in [2.75, 3.05) is 30.8 Å². The van der Waals surface area contributed by atoms with E-state index < -0.39 is 43.9 Å². The van der Waals surface area contributed by atoms with E-state index >= 15 is 0 Å². The van der Waals surface area contributed by atoms with E-state index in [2.05, 4.69) is 5.11 Å². The van der Waals surface area contributed by atoms with Crippen LogP contribution >= 0.6 is 0 Å². The zero-order chi connectivity index (χ0) is 21.2. The van der Waals surface area contributed by atoms with Crippen molar-refractivity contribution in [2.24, 2.45) is 5.11 Å². The van der Waals surface area contributed by atoms with Gasteiger partial charge in [-0.25, -0.2) is 26.0 Å². The summed E-state index contributed by atoms with van der Waals surface area (Å²) in [5.41, 5.74) is 6.99. The molecule has 0 radical (unpaired) electrons. The Hall–Kier alpha value is -3.18. The van der Waals surface area contributed by atoms with E-state index in [9.17, 15) is 26.0 Å². The molecule has 0 spiro atoms. The van der Waals surface area contributed by atoms with Crippen LogP contribution in [-0.2, 0) is 10.0 Å². The molecule has 0 aromatic heterocycles. The van der Waals surface area contributed by atoms with Crippen LogP contribution in [0.5, 0.6) is 5.75 Å². The van der Waals surface area contributed by atoms with Gasteiger partial charge in [0.15, 0.2) is 28.2 Å². The number of benzene rings is 2. The highest BCUT2D eigenvalue weighted by atomic mass is 32.2. The molecule has 0 unspecified atom stereocenters. The summed E-state index contributed by atoms with van der Waals surface area (Å²) in [4.78, 5) is 1.81. The number of ether oxygens (including phenoxy) is 1. The third kappa shape index (κ3) is 3.75. The van der Waals surface area contributed by atoms with E-state index in [-0.39, 0.29) is 11.4 Å². The lowest BCUT2D eigenvalue weighted by Gasteiger charge is -2.18. The van der Waals surface area contributed by atoms with Crippen LogP contribution in [0.4, 0.5) is 34.6 Å². The summed E-state index contributed by atoms with van der Waals surface area (Å²) in [6.45, 7) is 0. The van der Waals surface area contributed by atoms with Crippen molar-refractivity contribution >= 4 is 27.1 Å². The average Bonchev–Trinajstić information content (AvgIpc) is 2.62. The smallest absolute Gasteiger partial charge is 0.267 e. The second-order valence-electron chi connectivity index (χ2n) is 5.51. The minimum absolute atomic E-state index is 0.179. The first-order valence-corrected chi connectivity index (χ1v) is 8.82. The van der Waals surface area contributed by atoms with E-state index in [1.165, 1.54) is 25.3 Å². The molecule has 150 valence electrons. The molecule has 2 rings (SSSR count). The molecular weight excluding hydrogens is 406 g/mol. The first-order valence-electron chi connectivity index (χ1n) is 7.34. The largest absolute Gasteiger partial charge is 0.495 e. The number of rotatable bonds is 6. The van der Waals surface area contributed by atoms with Crippen molar-refractivity contribution in [1.29, 1.82) is 0 Å². The number of halogens is 4. The van der Waals surface area contributed by atoms with E-state index in [4.69, 9.17) is 10.3 Å². The molecule has 0 heterocycles. The predicted octanol–water partition coefficient (Wildman–Crippen LogP) is 4.06. The van der Waals surface area contributed by atoms with Crippen LogP contribution in [0.15, 0.2) is 28.2 Å². The molecule has 2 aromatic carbocycles. The summed E-state index contributed by atoms with van der Waals surface area (Å²) in [7, 11) is -0.379. The van der Waals surface area contributed by atoms with Crippen LogP contribution in [0.2, 0.25) is 0 Å². The number of nitrogens with zero attached hydrogens (tertiary/aromatic N) is 4. The molecule has 0 saturated heterocycles. The Labute approximate surface area is 157 Å². The van der Waals surface area contributed by atoms with Crippen molar-refractivity contribution in [2.45, 2.75) is 4.90 Å². The Bertz CT molecular complexity index is 1060. The first-order chi connectivity index (χ1) is 13.0.